The van der Waals surface area contributed by atoms with Crippen LogP contribution < -0.4 is 10.6 Å². The van der Waals surface area contributed by atoms with Crippen LogP contribution in [0, 0.1) is 0 Å². The van der Waals surface area contributed by atoms with E-state index in [0.717, 1.165) is 10.0 Å². The number of hydrogen-bond donors (Lipinski definition) is 2. The second kappa shape index (κ2) is 7.51. The van der Waals surface area contributed by atoms with Gasteiger partial charge in [-0.25, -0.2) is 8.78 Å². The van der Waals surface area contributed by atoms with Gasteiger partial charge < -0.3 is 5.32 Å². The lowest BCUT2D eigenvalue weighted by molar-refractivity contribution is -0.124. The molecular weight excluding hydrogens is 366 g/mol. The molecule has 0 saturated carbocycles. The van der Waals surface area contributed by atoms with Crippen LogP contribution in [0.1, 0.15) is 18.9 Å². The van der Waals surface area contributed by atoms with Gasteiger partial charge in [0.15, 0.2) is 0 Å². The van der Waals surface area contributed by atoms with Gasteiger partial charge in [-0.3, -0.25) is 10.1 Å². The standard InChI is InChI=1S/C14H17BrF2N2O.ClH/c1-9(6-10-2-4-11(15)5-3-10)19-13(20)12-7-14(16,17)8-18-12;/h2-5,9,12,18H,6-8H2,1H3,(H,19,20);1H. The summed E-state index contributed by atoms with van der Waals surface area (Å²) in [6.07, 6.45) is 0.242. The van der Waals surface area contributed by atoms with Crippen molar-refractivity contribution in [2.45, 2.75) is 37.8 Å². The highest BCUT2D eigenvalue weighted by molar-refractivity contribution is 9.10. The Morgan fingerprint density at radius 1 is 1.48 bits per heavy atom. The molecule has 7 heteroatoms. The number of carbonyl (C=O) groups excluding carboxylic acids is 1. The second-order valence-corrected chi connectivity index (χ2v) is 6.15. The molecule has 1 aliphatic rings. The highest BCUT2D eigenvalue weighted by Crippen LogP contribution is 2.25. The smallest absolute Gasteiger partial charge is 0.262 e. The van der Waals surface area contributed by atoms with Crippen LogP contribution in [-0.4, -0.2) is 30.5 Å². The van der Waals surface area contributed by atoms with Gasteiger partial charge in [0.2, 0.25) is 5.91 Å². The molecule has 1 amide bonds. The lowest BCUT2D eigenvalue weighted by Gasteiger charge is -2.17. The summed E-state index contributed by atoms with van der Waals surface area (Å²) in [4.78, 5) is 11.9. The molecule has 1 aromatic carbocycles. The van der Waals surface area contributed by atoms with Crippen LogP contribution in [0.3, 0.4) is 0 Å². The first-order valence-electron chi connectivity index (χ1n) is 6.52. The second-order valence-electron chi connectivity index (χ2n) is 5.23. The van der Waals surface area contributed by atoms with Gasteiger partial charge in [-0.05, 0) is 31.0 Å². The van der Waals surface area contributed by atoms with E-state index < -0.39 is 24.9 Å². The third-order valence-electron chi connectivity index (χ3n) is 3.27. The molecule has 0 bridgehead atoms. The summed E-state index contributed by atoms with van der Waals surface area (Å²) in [5.41, 5.74) is 1.09. The molecule has 1 aliphatic heterocycles. The minimum Gasteiger partial charge on any atom is -0.352 e. The molecule has 1 saturated heterocycles. The van der Waals surface area contributed by atoms with Crippen LogP contribution in [-0.2, 0) is 11.2 Å². The summed E-state index contributed by atoms with van der Waals surface area (Å²) in [6.45, 7) is 1.44. The summed E-state index contributed by atoms with van der Waals surface area (Å²) >= 11 is 3.36. The maximum absolute atomic E-state index is 13.0. The van der Waals surface area contributed by atoms with Crippen molar-refractivity contribution < 1.29 is 13.6 Å². The van der Waals surface area contributed by atoms with Crippen LogP contribution in [0.15, 0.2) is 28.7 Å². The third kappa shape index (κ3) is 5.52. The fourth-order valence-electron chi connectivity index (χ4n) is 2.27. The first-order valence-corrected chi connectivity index (χ1v) is 7.31. The highest BCUT2D eigenvalue weighted by atomic mass is 79.9. The third-order valence-corrected chi connectivity index (χ3v) is 3.80. The van der Waals surface area contributed by atoms with Gasteiger partial charge in [0.05, 0.1) is 12.6 Å². The topological polar surface area (TPSA) is 41.1 Å². The molecule has 0 aliphatic carbocycles. The first kappa shape index (κ1) is 18.3. The van der Waals surface area contributed by atoms with Crippen LogP contribution in [0.4, 0.5) is 8.78 Å². The van der Waals surface area contributed by atoms with Gasteiger partial charge in [0.1, 0.15) is 0 Å². The Morgan fingerprint density at radius 3 is 2.62 bits per heavy atom. The Hall–Kier alpha value is -0.720. The normalized spacial score (nSPS) is 21.4. The molecule has 1 fully saturated rings. The zero-order chi connectivity index (χ0) is 14.8. The number of alkyl halides is 2. The van der Waals surface area contributed by atoms with Crippen molar-refractivity contribution in [3.05, 3.63) is 34.3 Å². The quantitative estimate of drug-likeness (QED) is 0.839. The SMILES string of the molecule is CC(Cc1ccc(Br)cc1)NC(=O)C1CC(F)(F)CN1.Cl. The molecule has 1 aromatic rings. The minimum atomic E-state index is -2.78. The summed E-state index contributed by atoms with van der Waals surface area (Å²) < 4.78 is 27.1. The van der Waals surface area contributed by atoms with Gasteiger partial charge >= 0.3 is 0 Å². The van der Waals surface area contributed by atoms with E-state index in [1.165, 1.54) is 0 Å². The maximum Gasteiger partial charge on any atom is 0.262 e. The van der Waals surface area contributed by atoms with E-state index in [0.29, 0.717) is 6.42 Å². The number of rotatable bonds is 4. The largest absolute Gasteiger partial charge is 0.352 e. The van der Waals surface area contributed by atoms with Gasteiger partial charge in [-0.15, -0.1) is 12.4 Å². The molecule has 0 aromatic heterocycles. The molecule has 1 heterocycles. The van der Waals surface area contributed by atoms with E-state index in [2.05, 4.69) is 26.6 Å². The van der Waals surface area contributed by atoms with E-state index in [1.807, 2.05) is 31.2 Å². The van der Waals surface area contributed by atoms with E-state index in [-0.39, 0.29) is 24.4 Å². The van der Waals surface area contributed by atoms with Crippen molar-refractivity contribution >= 4 is 34.2 Å². The first-order chi connectivity index (χ1) is 9.35. The van der Waals surface area contributed by atoms with Crippen LogP contribution in [0.2, 0.25) is 0 Å². The molecule has 2 atom stereocenters. The lowest BCUT2D eigenvalue weighted by atomic mass is 10.1. The molecule has 2 N–H and O–H groups in total. The van der Waals surface area contributed by atoms with E-state index in [9.17, 15) is 13.6 Å². The van der Waals surface area contributed by atoms with Gasteiger partial charge in [-0.2, -0.15) is 0 Å². The molecule has 21 heavy (non-hydrogen) atoms. The predicted molar refractivity (Wildman–Crippen MR) is 84.1 cm³/mol. The number of hydrogen-bond acceptors (Lipinski definition) is 2. The van der Waals surface area contributed by atoms with Gasteiger partial charge in [0, 0.05) is 16.9 Å². The number of carbonyl (C=O) groups is 1. The molecular formula is C14H18BrClF2N2O. The zero-order valence-electron chi connectivity index (χ0n) is 11.5. The average molecular weight is 384 g/mol. The Bertz CT molecular complexity index is 484. The maximum atomic E-state index is 13.0. The van der Waals surface area contributed by atoms with E-state index in [4.69, 9.17) is 0 Å². The Balaban J connectivity index is 0.00000220. The Labute approximate surface area is 137 Å². The monoisotopic (exact) mass is 382 g/mol. The van der Waals surface area contributed by atoms with Crippen molar-refractivity contribution in [2.75, 3.05) is 6.54 Å². The average Bonchev–Trinajstić information content (AvgIpc) is 2.73. The molecule has 118 valence electrons. The predicted octanol–water partition coefficient (Wildman–Crippen LogP) is 2.92. The highest BCUT2D eigenvalue weighted by Gasteiger charge is 2.42. The van der Waals surface area contributed by atoms with Crippen molar-refractivity contribution in [3.8, 4) is 0 Å². The van der Waals surface area contributed by atoms with Gasteiger partial charge in [-0.1, -0.05) is 28.1 Å². The van der Waals surface area contributed by atoms with Crippen LogP contribution in [0.5, 0.6) is 0 Å². The number of benzene rings is 1. The van der Waals surface area contributed by atoms with Crippen molar-refractivity contribution in [1.82, 2.24) is 10.6 Å². The molecule has 0 radical (unpaired) electrons. The lowest BCUT2D eigenvalue weighted by Crippen LogP contribution is -2.44. The molecule has 2 rings (SSSR count). The summed E-state index contributed by atoms with van der Waals surface area (Å²) in [6, 6.07) is 6.91. The van der Waals surface area contributed by atoms with E-state index >= 15 is 0 Å². The van der Waals surface area contributed by atoms with Crippen molar-refractivity contribution in [1.29, 1.82) is 0 Å². The number of nitrogens with one attached hydrogen (secondary N) is 2. The number of amides is 1. The van der Waals surface area contributed by atoms with Gasteiger partial charge in [0.25, 0.3) is 5.92 Å². The van der Waals surface area contributed by atoms with Crippen molar-refractivity contribution in [3.63, 3.8) is 0 Å². The molecule has 3 nitrogen and oxygen atoms in total. The summed E-state index contributed by atoms with van der Waals surface area (Å²) in [7, 11) is 0. The van der Waals surface area contributed by atoms with Crippen molar-refractivity contribution in [2.24, 2.45) is 0 Å². The fraction of sp³-hybridized carbons (Fsp3) is 0.500. The van der Waals surface area contributed by atoms with E-state index in [1.54, 1.807) is 0 Å². The molecule has 0 spiro atoms. The zero-order valence-corrected chi connectivity index (χ0v) is 13.9. The number of halogens is 4. The molecule has 2 unspecified atom stereocenters. The summed E-state index contributed by atoms with van der Waals surface area (Å²) in [5, 5.41) is 5.33. The summed E-state index contributed by atoms with van der Waals surface area (Å²) in [5.74, 6) is -3.14. The Kier molecular flexibility index (Phi) is 6.56. The minimum absolute atomic E-state index is 0. The Morgan fingerprint density at radius 2 is 2.10 bits per heavy atom. The van der Waals surface area contributed by atoms with Crippen LogP contribution in [0.25, 0.3) is 0 Å². The fourth-order valence-corrected chi connectivity index (χ4v) is 2.53. The van der Waals surface area contributed by atoms with Crippen LogP contribution >= 0.6 is 28.3 Å².